The van der Waals surface area contributed by atoms with E-state index in [0.29, 0.717) is 31.1 Å². The van der Waals surface area contributed by atoms with Crippen LogP contribution in [-0.2, 0) is 9.53 Å². The number of rotatable bonds is 2. The molecule has 1 aromatic rings. The lowest BCUT2D eigenvalue weighted by Crippen LogP contribution is -2.61. The number of morpholine rings is 1. The van der Waals surface area contributed by atoms with E-state index in [1.54, 1.807) is 12.3 Å². The third kappa shape index (κ3) is 2.82. The van der Waals surface area contributed by atoms with Gasteiger partial charge in [-0.1, -0.05) is 0 Å². The Morgan fingerprint density at radius 3 is 2.62 bits per heavy atom. The molecule has 3 aliphatic heterocycles. The Morgan fingerprint density at radius 2 is 2.00 bits per heavy atom. The largest absolute Gasteiger partial charge is 0.366 e. The van der Waals surface area contributed by atoms with E-state index in [9.17, 15) is 9.59 Å². The standard InChI is InChI=1S/C16H22N4O3S/c1-18-6-7-23-13(10-18)15(21)20-11-2-3-12(20)9-19(8-11)16(22)14-4-5-17-24-14/h4-5,11-13H,2-3,6-10H2,1H3. The van der Waals surface area contributed by atoms with E-state index in [1.807, 2.05) is 16.8 Å². The lowest BCUT2D eigenvalue weighted by molar-refractivity contribution is -0.154. The zero-order chi connectivity index (χ0) is 16.7. The van der Waals surface area contributed by atoms with E-state index < -0.39 is 0 Å². The summed E-state index contributed by atoms with van der Waals surface area (Å²) in [5.74, 6) is 0.133. The Morgan fingerprint density at radius 1 is 1.25 bits per heavy atom. The zero-order valence-corrected chi connectivity index (χ0v) is 14.6. The van der Waals surface area contributed by atoms with Crippen molar-refractivity contribution in [3.8, 4) is 0 Å². The molecule has 0 N–H and O–H groups in total. The number of carbonyl (C=O) groups is 2. The molecule has 2 bridgehead atoms. The normalized spacial score (nSPS) is 30.6. The van der Waals surface area contributed by atoms with E-state index in [4.69, 9.17) is 4.74 Å². The maximum Gasteiger partial charge on any atom is 0.265 e. The van der Waals surface area contributed by atoms with Gasteiger partial charge in [0, 0.05) is 44.5 Å². The summed E-state index contributed by atoms with van der Waals surface area (Å²) in [6.07, 6.45) is 3.22. The van der Waals surface area contributed by atoms with Crippen molar-refractivity contribution in [1.29, 1.82) is 0 Å². The van der Waals surface area contributed by atoms with Gasteiger partial charge >= 0.3 is 0 Å². The molecule has 3 saturated heterocycles. The average Bonchev–Trinajstić information content (AvgIpc) is 3.20. The Bertz CT molecular complexity index is 609. The number of fused-ring (bicyclic) bond motifs is 2. The average molecular weight is 350 g/mol. The first-order valence-corrected chi connectivity index (χ1v) is 9.23. The Labute approximate surface area is 145 Å². The number of likely N-dealkylation sites (N-methyl/N-ethyl adjacent to an activating group) is 1. The molecule has 3 unspecified atom stereocenters. The minimum Gasteiger partial charge on any atom is -0.366 e. The van der Waals surface area contributed by atoms with Crippen molar-refractivity contribution >= 4 is 23.3 Å². The predicted molar refractivity (Wildman–Crippen MR) is 88.9 cm³/mol. The molecule has 0 spiro atoms. The summed E-state index contributed by atoms with van der Waals surface area (Å²) in [6.45, 7) is 3.35. The molecule has 24 heavy (non-hydrogen) atoms. The second-order valence-corrected chi connectivity index (χ2v) is 7.67. The number of aromatic nitrogens is 1. The first kappa shape index (κ1) is 16.0. The van der Waals surface area contributed by atoms with E-state index >= 15 is 0 Å². The van der Waals surface area contributed by atoms with Gasteiger partial charge in [-0.05, 0) is 37.5 Å². The number of hydrogen-bond donors (Lipinski definition) is 0. The van der Waals surface area contributed by atoms with Gasteiger partial charge in [0.05, 0.1) is 6.61 Å². The van der Waals surface area contributed by atoms with Crippen molar-refractivity contribution in [2.24, 2.45) is 0 Å². The van der Waals surface area contributed by atoms with E-state index in [1.165, 1.54) is 11.5 Å². The van der Waals surface area contributed by atoms with Crippen molar-refractivity contribution in [3.63, 3.8) is 0 Å². The maximum atomic E-state index is 12.9. The Kier molecular flexibility index (Phi) is 4.28. The summed E-state index contributed by atoms with van der Waals surface area (Å²) in [7, 11) is 2.02. The monoisotopic (exact) mass is 350 g/mol. The quantitative estimate of drug-likeness (QED) is 0.767. The third-order valence-corrected chi connectivity index (χ3v) is 5.95. The van der Waals surface area contributed by atoms with Crippen LogP contribution in [0.25, 0.3) is 0 Å². The van der Waals surface area contributed by atoms with Crippen LogP contribution >= 0.6 is 11.5 Å². The van der Waals surface area contributed by atoms with Crippen LogP contribution in [0.5, 0.6) is 0 Å². The highest BCUT2D eigenvalue weighted by atomic mass is 32.1. The highest BCUT2D eigenvalue weighted by Gasteiger charge is 2.46. The smallest absolute Gasteiger partial charge is 0.265 e. The number of hydrogen-bond acceptors (Lipinski definition) is 6. The lowest BCUT2D eigenvalue weighted by atomic mass is 10.1. The molecule has 130 valence electrons. The second kappa shape index (κ2) is 6.42. The highest BCUT2D eigenvalue weighted by molar-refractivity contribution is 7.08. The lowest BCUT2D eigenvalue weighted by Gasteiger charge is -2.43. The number of likely N-dealkylation sites (tertiary alicyclic amines) is 1. The van der Waals surface area contributed by atoms with Gasteiger partial charge in [-0.15, -0.1) is 0 Å². The van der Waals surface area contributed by atoms with Crippen LogP contribution in [0.15, 0.2) is 12.3 Å². The molecule has 0 radical (unpaired) electrons. The molecule has 3 atom stereocenters. The summed E-state index contributed by atoms with van der Waals surface area (Å²) in [5.41, 5.74) is 0. The fourth-order valence-corrected chi connectivity index (χ4v) is 4.57. The Balaban J connectivity index is 1.45. The van der Waals surface area contributed by atoms with Crippen LogP contribution in [0.1, 0.15) is 22.5 Å². The minimum absolute atomic E-state index is 0.0372. The molecule has 8 heteroatoms. The van der Waals surface area contributed by atoms with Gasteiger partial charge in [-0.3, -0.25) is 9.59 Å². The summed E-state index contributed by atoms with van der Waals surface area (Å²) in [4.78, 5) is 32.2. The molecular weight excluding hydrogens is 328 g/mol. The second-order valence-electron chi connectivity index (χ2n) is 6.84. The van der Waals surface area contributed by atoms with Crippen molar-refractivity contribution in [3.05, 3.63) is 17.1 Å². The summed E-state index contributed by atoms with van der Waals surface area (Å²) < 4.78 is 9.71. The van der Waals surface area contributed by atoms with Gasteiger partial charge in [0.1, 0.15) is 11.0 Å². The third-order valence-electron chi connectivity index (χ3n) is 5.22. The van der Waals surface area contributed by atoms with Gasteiger partial charge in [0.15, 0.2) is 0 Å². The molecule has 3 fully saturated rings. The molecule has 4 rings (SSSR count). The summed E-state index contributed by atoms with van der Waals surface area (Å²) in [5, 5.41) is 0. The molecule has 0 saturated carbocycles. The molecule has 4 heterocycles. The van der Waals surface area contributed by atoms with Crippen molar-refractivity contribution < 1.29 is 14.3 Å². The molecule has 1 aromatic heterocycles. The van der Waals surface area contributed by atoms with E-state index in [2.05, 4.69) is 9.27 Å². The summed E-state index contributed by atoms with van der Waals surface area (Å²) in [6, 6.07) is 1.99. The van der Waals surface area contributed by atoms with Crippen molar-refractivity contribution in [2.45, 2.75) is 31.0 Å². The molecule has 0 aromatic carbocycles. The molecular formula is C16H22N4O3S. The first-order chi connectivity index (χ1) is 11.6. The number of piperazine rings is 1. The first-order valence-electron chi connectivity index (χ1n) is 8.46. The van der Waals surface area contributed by atoms with Gasteiger partial charge < -0.3 is 19.4 Å². The van der Waals surface area contributed by atoms with Crippen LogP contribution < -0.4 is 0 Å². The molecule has 2 amide bonds. The Hall–Kier alpha value is -1.51. The predicted octanol–water partition coefficient (Wildman–Crippen LogP) is 0.289. The number of ether oxygens (including phenoxy) is 1. The number of carbonyl (C=O) groups excluding carboxylic acids is 2. The fraction of sp³-hybridized carbons (Fsp3) is 0.688. The van der Waals surface area contributed by atoms with Gasteiger partial charge in [0.2, 0.25) is 0 Å². The highest BCUT2D eigenvalue weighted by Crippen LogP contribution is 2.32. The number of nitrogens with zero attached hydrogens (tertiary/aromatic N) is 4. The van der Waals surface area contributed by atoms with Gasteiger partial charge in [-0.25, -0.2) is 4.37 Å². The maximum absolute atomic E-state index is 12.9. The number of amides is 2. The van der Waals surface area contributed by atoms with Gasteiger partial charge in [0.25, 0.3) is 11.8 Å². The zero-order valence-electron chi connectivity index (χ0n) is 13.8. The topological polar surface area (TPSA) is 66.0 Å². The van der Waals surface area contributed by atoms with E-state index in [0.717, 1.165) is 19.4 Å². The van der Waals surface area contributed by atoms with Crippen LogP contribution in [0.2, 0.25) is 0 Å². The van der Waals surface area contributed by atoms with Crippen LogP contribution in [0, 0.1) is 0 Å². The SMILES string of the molecule is CN1CCOC(C(=O)N2C3CCC2CN(C(=O)c2ccns2)C3)C1. The van der Waals surface area contributed by atoms with E-state index in [-0.39, 0.29) is 30.0 Å². The summed E-state index contributed by atoms with van der Waals surface area (Å²) >= 11 is 1.23. The molecule has 3 aliphatic rings. The van der Waals surface area contributed by atoms with Crippen molar-refractivity contribution in [1.82, 2.24) is 19.1 Å². The minimum atomic E-state index is -0.365. The van der Waals surface area contributed by atoms with Crippen LogP contribution in [0.3, 0.4) is 0 Å². The fourth-order valence-electron chi connectivity index (χ4n) is 4.00. The van der Waals surface area contributed by atoms with Gasteiger partial charge in [-0.2, -0.15) is 0 Å². The molecule has 7 nitrogen and oxygen atoms in total. The molecule has 0 aliphatic carbocycles. The van der Waals surface area contributed by atoms with Crippen LogP contribution in [0.4, 0.5) is 0 Å². The van der Waals surface area contributed by atoms with Crippen molar-refractivity contribution in [2.75, 3.05) is 39.8 Å². The van der Waals surface area contributed by atoms with Crippen LogP contribution in [-0.4, -0.2) is 88.9 Å².